The van der Waals surface area contributed by atoms with Crippen molar-refractivity contribution < 1.29 is 5.11 Å². The fourth-order valence-electron chi connectivity index (χ4n) is 1.25. The van der Waals surface area contributed by atoms with Crippen molar-refractivity contribution in [1.29, 1.82) is 0 Å². The van der Waals surface area contributed by atoms with Crippen LogP contribution in [-0.4, -0.2) is 10.2 Å². The fourth-order valence-corrected chi connectivity index (χ4v) is 1.25. The maximum atomic E-state index is 9.57. The molecule has 0 aliphatic carbocycles. The standard InChI is InChI=1S/C11H16O.CH4N2S/c1-8-5-6-10(12)9(7-8)11(2,3)4;2-1(3)4/h5-7,12H,1-4H3;(H4,2,3,4). The monoisotopic (exact) mass is 240 g/mol. The Hall–Kier alpha value is -1.29. The Morgan fingerprint density at radius 2 is 1.69 bits per heavy atom. The molecule has 0 saturated carbocycles. The number of hydrogen-bond donors (Lipinski definition) is 3. The zero-order chi connectivity index (χ0) is 12.9. The molecule has 0 aliphatic heterocycles. The molecule has 4 heteroatoms. The molecule has 0 aliphatic rings. The molecule has 0 fully saturated rings. The number of rotatable bonds is 0. The molecule has 0 saturated heterocycles. The molecule has 0 aromatic heterocycles. The maximum absolute atomic E-state index is 9.57. The van der Waals surface area contributed by atoms with Crippen LogP contribution in [0.15, 0.2) is 18.2 Å². The van der Waals surface area contributed by atoms with Crippen molar-refractivity contribution in [2.75, 3.05) is 0 Å². The van der Waals surface area contributed by atoms with Crippen molar-refractivity contribution in [3.63, 3.8) is 0 Å². The summed E-state index contributed by atoms with van der Waals surface area (Å²) < 4.78 is 0. The van der Waals surface area contributed by atoms with Gasteiger partial charge in [-0.05, 0) is 36.2 Å². The molecule has 0 unspecified atom stereocenters. The number of phenols is 1. The van der Waals surface area contributed by atoms with E-state index in [1.54, 1.807) is 6.07 Å². The fraction of sp³-hybridized carbons (Fsp3) is 0.417. The number of hydrogen-bond acceptors (Lipinski definition) is 2. The van der Waals surface area contributed by atoms with Crippen LogP contribution in [0.4, 0.5) is 0 Å². The molecule has 3 nitrogen and oxygen atoms in total. The van der Waals surface area contributed by atoms with Crippen molar-refractivity contribution in [1.82, 2.24) is 0 Å². The van der Waals surface area contributed by atoms with Crippen LogP contribution in [0.25, 0.3) is 0 Å². The van der Waals surface area contributed by atoms with Crippen molar-refractivity contribution in [2.45, 2.75) is 33.1 Å². The quantitative estimate of drug-likeness (QED) is 0.608. The highest BCUT2D eigenvalue weighted by atomic mass is 32.1. The molecule has 0 spiro atoms. The van der Waals surface area contributed by atoms with Gasteiger partial charge in [0.15, 0.2) is 5.11 Å². The van der Waals surface area contributed by atoms with E-state index in [2.05, 4.69) is 44.5 Å². The van der Waals surface area contributed by atoms with Gasteiger partial charge in [-0.25, -0.2) is 0 Å². The summed E-state index contributed by atoms with van der Waals surface area (Å²) in [5, 5.41) is 9.57. The summed E-state index contributed by atoms with van der Waals surface area (Å²) in [7, 11) is 0. The first kappa shape index (κ1) is 14.7. The molecule has 1 aromatic rings. The summed E-state index contributed by atoms with van der Waals surface area (Å²) in [6, 6.07) is 5.72. The summed E-state index contributed by atoms with van der Waals surface area (Å²) in [5.74, 6) is 0.396. The summed E-state index contributed by atoms with van der Waals surface area (Å²) in [6.07, 6.45) is 0. The SMILES string of the molecule is Cc1ccc(O)c(C(C)(C)C)c1.NC(N)=S. The molecule has 1 aromatic carbocycles. The van der Waals surface area contributed by atoms with Gasteiger partial charge in [-0.1, -0.05) is 38.5 Å². The average Bonchev–Trinajstić information content (AvgIpc) is 2.06. The molecule has 0 amide bonds. The molecule has 90 valence electrons. The number of nitrogens with two attached hydrogens (primary N) is 2. The highest BCUT2D eigenvalue weighted by molar-refractivity contribution is 7.80. The van der Waals surface area contributed by atoms with Gasteiger partial charge in [0.1, 0.15) is 5.75 Å². The van der Waals surface area contributed by atoms with E-state index >= 15 is 0 Å². The predicted molar refractivity (Wildman–Crippen MR) is 72.5 cm³/mol. The minimum atomic E-state index is 0.000000000000000222. The van der Waals surface area contributed by atoms with Crippen LogP contribution >= 0.6 is 12.2 Å². The average molecular weight is 240 g/mol. The maximum Gasteiger partial charge on any atom is 0.160 e. The molecule has 0 radical (unpaired) electrons. The van der Waals surface area contributed by atoms with Gasteiger partial charge in [-0.2, -0.15) is 0 Å². The second kappa shape index (κ2) is 5.70. The minimum Gasteiger partial charge on any atom is -0.508 e. The van der Waals surface area contributed by atoms with Crippen molar-refractivity contribution in [3.8, 4) is 5.75 Å². The summed E-state index contributed by atoms with van der Waals surface area (Å²) in [5.41, 5.74) is 11.5. The van der Waals surface area contributed by atoms with Gasteiger partial charge >= 0.3 is 0 Å². The van der Waals surface area contributed by atoms with Crippen molar-refractivity contribution in [3.05, 3.63) is 29.3 Å². The molecule has 5 N–H and O–H groups in total. The minimum absolute atomic E-state index is 0.000000000000000222. The first-order valence-corrected chi connectivity index (χ1v) is 5.40. The molecular weight excluding hydrogens is 220 g/mol. The predicted octanol–water partition coefficient (Wildman–Crippen LogP) is 2.19. The van der Waals surface area contributed by atoms with E-state index in [4.69, 9.17) is 0 Å². The second-order valence-electron chi connectivity index (χ2n) is 4.67. The van der Waals surface area contributed by atoms with Gasteiger partial charge in [-0.15, -0.1) is 0 Å². The van der Waals surface area contributed by atoms with Gasteiger partial charge in [0.25, 0.3) is 0 Å². The number of aryl methyl sites for hydroxylation is 1. The van der Waals surface area contributed by atoms with Crippen LogP contribution < -0.4 is 11.5 Å². The first-order valence-electron chi connectivity index (χ1n) is 4.99. The molecular formula is C12H20N2OS. The van der Waals surface area contributed by atoms with Crippen LogP contribution in [0.2, 0.25) is 0 Å². The second-order valence-corrected chi connectivity index (χ2v) is 5.14. The number of benzene rings is 1. The lowest BCUT2D eigenvalue weighted by Gasteiger charge is -2.20. The molecule has 0 atom stereocenters. The smallest absolute Gasteiger partial charge is 0.160 e. The van der Waals surface area contributed by atoms with Gasteiger partial charge < -0.3 is 16.6 Å². The number of aromatic hydroxyl groups is 1. The Bertz CT molecular complexity index is 366. The topological polar surface area (TPSA) is 72.3 Å². The summed E-state index contributed by atoms with van der Waals surface area (Å²) in [6.45, 7) is 8.33. The zero-order valence-electron chi connectivity index (χ0n) is 10.2. The van der Waals surface area contributed by atoms with Gasteiger partial charge in [-0.3, -0.25) is 0 Å². The van der Waals surface area contributed by atoms with Gasteiger partial charge in [0.05, 0.1) is 0 Å². The van der Waals surface area contributed by atoms with Crippen LogP contribution in [0.1, 0.15) is 31.9 Å². The van der Waals surface area contributed by atoms with Crippen LogP contribution in [-0.2, 0) is 5.41 Å². The Morgan fingerprint density at radius 3 is 2.00 bits per heavy atom. The van der Waals surface area contributed by atoms with E-state index in [-0.39, 0.29) is 10.5 Å². The Morgan fingerprint density at radius 1 is 1.25 bits per heavy atom. The van der Waals surface area contributed by atoms with E-state index in [0.717, 1.165) is 5.56 Å². The van der Waals surface area contributed by atoms with E-state index in [1.807, 2.05) is 19.1 Å². The summed E-state index contributed by atoms with van der Waals surface area (Å²) >= 11 is 4.09. The van der Waals surface area contributed by atoms with Crippen LogP contribution in [0, 0.1) is 6.92 Å². The van der Waals surface area contributed by atoms with Gasteiger partial charge in [0.2, 0.25) is 0 Å². The third kappa shape index (κ3) is 5.56. The normalized spacial score (nSPS) is 10.2. The Kier molecular flexibility index (Phi) is 5.24. The van der Waals surface area contributed by atoms with Gasteiger partial charge in [0, 0.05) is 0 Å². The lowest BCUT2D eigenvalue weighted by molar-refractivity contribution is 0.446. The Labute approximate surface area is 102 Å². The lowest BCUT2D eigenvalue weighted by atomic mass is 9.85. The van der Waals surface area contributed by atoms with Crippen LogP contribution in [0.3, 0.4) is 0 Å². The molecule has 16 heavy (non-hydrogen) atoms. The third-order valence-electron chi connectivity index (χ3n) is 1.96. The van der Waals surface area contributed by atoms with Crippen LogP contribution in [0.5, 0.6) is 5.75 Å². The zero-order valence-corrected chi connectivity index (χ0v) is 11.1. The largest absolute Gasteiger partial charge is 0.508 e. The molecule has 0 bridgehead atoms. The van der Waals surface area contributed by atoms with E-state index < -0.39 is 0 Å². The molecule has 1 rings (SSSR count). The third-order valence-corrected chi connectivity index (χ3v) is 1.96. The number of thiocarbonyl (C=S) groups is 1. The summed E-state index contributed by atoms with van der Waals surface area (Å²) in [4.78, 5) is 0. The first-order chi connectivity index (χ1) is 7.14. The Balaban J connectivity index is 0.000000487. The lowest BCUT2D eigenvalue weighted by Crippen LogP contribution is -2.18. The number of phenolic OH excluding ortho intramolecular Hbond substituents is 1. The van der Waals surface area contributed by atoms with E-state index in [1.165, 1.54) is 5.56 Å². The highest BCUT2D eigenvalue weighted by Gasteiger charge is 2.17. The van der Waals surface area contributed by atoms with Crippen molar-refractivity contribution in [2.24, 2.45) is 11.5 Å². The van der Waals surface area contributed by atoms with Crippen molar-refractivity contribution >= 4 is 17.3 Å². The highest BCUT2D eigenvalue weighted by Crippen LogP contribution is 2.30. The van der Waals surface area contributed by atoms with E-state index in [9.17, 15) is 5.11 Å². The van der Waals surface area contributed by atoms with E-state index in [0.29, 0.717) is 5.75 Å². The molecule has 0 heterocycles.